The van der Waals surface area contributed by atoms with Crippen molar-refractivity contribution in [3.05, 3.63) is 113 Å². The lowest BCUT2D eigenvalue weighted by Crippen LogP contribution is -2.04. The van der Waals surface area contributed by atoms with Gasteiger partial charge in [-0.05, 0) is 60.0 Å². The van der Waals surface area contributed by atoms with E-state index in [2.05, 4.69) is 60.9 Å². The molecule has 0 N–H and O–H groups in total. The SMILES string of the molecule is CC(C)c1ccc2oc3cc(-n4c5ccccc5c5c6oc7ccccc7c6ccc54)ccc3c(=O)c2c1. The van der Waals surface area contributed by atoms with Crippen molar-refractivity contribution in [2.45, 2.75) is 19.8 Å². The molecule has 0 fully saturated rings. The molecule has 0 unspecified atom stereocenters. The van der Waals surface area contributed by atoms with E-state index in [-0.39, 0.29) is 5.43 Å². The van der Waals surface area contributed by atoms with Gasteiger partial charge in [-0.3, -0.25) is 4.79 Å². The first kappa shape index (κ1) is 21.3. The van der Waals surface area contributed by atoms with E-state index >= 15 is 0 Å². The molecule has 0 aliphatic rings. The average Bonchev–Trinajstić information content (AvgIpc) is 3.48. The van der Waals surface area contributed by atoms with Crippen LogP contribution in [0.25, 0.3) is 71.4 Å². The van der Waals surface area contributed by atoms with Gasteiger partial charge in [-0.15, -0.1) is 0 Å². The fraction of sp³-hybridized carbons (Fsp3) is 0.0882. The van der Waals surface area contributed by atoms with Crippen molar-refractivity contribution in [1.29, 1.82) is 0 Å². The molecule has 3 aromatic heterocycles. The second kappa shape index (κ2) is 7.59. The molecule has 0 amide bonds. The Morgan fingerprint density at radius 2 is 1.37 bits per heavy atom. The molecular formula is C34H23NO3. The zero-order valence-corrected chi connectivity index (χ0v) is 21.0. The van der Waals surface area contributed by atoms with Gasteiger partial charge in [-0.2, -0.15) is 0 Å². The number of nitrogens with zero attached hydrogens (tertiary/aromatic N) is 1. The number of aromatic nitrogens is 1. The van der Waals surface area contributed by atoms with E-state index in [4.69, 9.17) is 8.83 Å². The number of fused-ring (bicyclic) bond motifs is 9. The molecule has 8 rings (SSSR count). The molecule has 8 aromatic rings. The predicted molar refractivity (Wildman–Crippen MR) is 156 cm³/mol. The van der Waals surface area contributed by atoms with E-state index in [1.165, 1.54) is 0 Å². The summed E-state index contributed by atoms with van der Waals surface area (Å²) in [6.45, 7) is 4.25. The van der Waals surface area contributed by atoms with Gasteiger partial charge in [-0.1, -0.05) is 56.3 Å². The van der Waals surface area contributed by atoms with Gasteiger partial charge in [0.05, 0.1) is 27.2 Å². The second-order valence-corrected chi connectivity index (χ2v) is 10.3. The molecule has 0 bridgehead atoms. The molecule has 4 nitrogen and oxygen atoms in total. The molecule has 0 radical (unpaired) electrons. The van der Waals surface area contributed by atoms with Crippen LogP contribution in [0, 0.1) is 0 Å². The average molecular weight is 494 g/mol. The van der Waals surface area contributed by atoms with Crippen molar-refractivity contribution >= 4 is 65.7 Å². The Morgan fingerprint density at radius 1 is 0.605 bits per heavy atom. The quantitative estimate of drug-likeness (QED) is 0.226. The highest BCUT2D eigenvalue weighted by molar-refractivity contribution is 6.23. The van der Waals surface area contributed by atoms with Gasteiger partial charge in [0.1, 0.15) is 22.3 Å². The Balaban J connectivity index is 1.44. The Bertz CT molecular complexity index is 2300. The number of rotatable bonds is 2. The first-order chi connectivity index (χ1) is 18.6. The molecule has 0 saturated carbocycles. The molecule has 0 saturated heterocycles. The number of benzene rings is 5. The highest BCUT2D eigenvalue weighted by atomic mass is 16.3. The third kappa shape index (κ3) is 2.83. The summed E-state index contributed by atoms with van der Waals surface area (Å²) in [7, 11) is 0. The fourth-order valence-corrected chi connectivity index (χ4v) is 5.87. The van der Waals surface area contributed by atoms with E-state index in [0.717, 1.165) is 55.0 Å². The zero-order chi connectivity index (χ0) is 25.5. The zero-order valence-electron chi connectivity index (χ0n) is 21.0. The summed E-state index contributed by atoms with van der Waals surface area (Å²) in [6, 6.07) is 32.6. The number of hydrogen-bond acceptors (Lipinski definition) is 3. The minimum absolute atomic E-state index is 0.00139. The molecule has 5 aromatic carbocycles. The van der Waals surface area contributed by atoms with Crippen molar-refractivity contribution in [2.75, 3.05) is 0 Å². The highest BCUT2D eigenvalue weighted by Gasteiger charge is 2.19. The van der Waals surface area contributed by atoms with Crippen molar-refractivity contribution in [2.24, 2.45) is 0 Å². The van der Waals surface area contributed by atoms with Crippen LogP contribution in [0.5, 0.6) is 0 Å². The Morgan fingerprint density at radius 3 is 2.24 bits per heavy atom. The molecular weight excluding hydrogens is 470 g/mol. The molecule has 0 aliphatic heterocycles. The fourth-order valence-electron chi connectivity index (χ4n) is 5.87. The second-order valence-electron chi connectivity index (χ2n) is 10.3. The summed E-state index contributed by atoms with van der Waals surface area (Å²) in [4.78, 5) is 13.4. The van der Waals surface area contributed by atoms with Crippen LogP contribution in [0.2, 0.25) is 0 Å². The van der Waals surface area contributed by atoms with Crippen molar-refractivity contribution in [3.63, 3.8) is 0 Å². The Labute approximate surface area is 217 Å². The standard InChI is InChI=1S/C34H23NO3/c1-19(2)20-11-16-30-26(17-20)33(36)25-13-12-21(18-31(25)37-30)35-27-9-5-3-8-24(27)32-28(35)15-14-23-22-7-4-6-10-29(22)38-34(23)32/h3-19H,1-2H3. The summed E-state index contributed by atoms with van der Waals surface area (Å²) < 4.78 is 14.9. The van der Waals surface area contributed by atoms with Crippen LogP contribution < -0.4 is 5.43 Å². The first-order valence-corrected chi connectivity index (χ1v) is 12.9. The molecule has 3 heterocycles. The topological polar surface area (TPSA) is 48.3 Å². The number of furan rings is 1. The minimum Gasteiger partial charge on any atom is -0.456 e. The van der Waals surface area contributed by atoms with Gasteiger partial charge in [0.2, 0.25) is 5.43 Å². The predicted octanol–water partition coefficient (Wildman–Crippen LogP) is 9.07. The highest BCUT2D eigenvalue weighted by Crippen LogP contribution is 2.40. The van der Waals surface area contributed by atoms with E-state index in [9.17, 15) is 4.79 Å². The Hall–Kier alpha value is -4.83. The minimum atomic E-state index is 0.00139. The normalized spacial score (nSPS) is 12.3. The molecule has 38 heavy (non-hydrogen) atoms. The maximum absolute atomic E-state index is 13.4. The molecule has 4 heteroatoms. The van der Waals surface area contributed by atoms with Gasteiger partial charge in [0.25, 0.3) is 0 Å². The van der Waals surface area contributed by atoms with Gasteiger partial charge in [0.15, 0.2) is 0 Å². The van der Waals surface area contributed by atoms with Crippen molar-refractivity contribution in [1.82, 2.24) is 4.57 Å². The number of hydrogen-bond donors (Lipinski definition) is 0. The lowest BCUT2D eigenvalue weighted by Gasteiger charge is -2.10. The summed E-state index contributed by atoms with van der Waals surface area (Å²) in [5, 5.41) is 5.63. The van der Waals surface area contributed by atoms with Gasteiger partial charge in [-0.25, -0.2) is 0 Å². The summed E-state index contributed by atoms with van der Waals surface area (Å²) in [6.07, 6.45) is 0. The van der Waals surface area contributed by atoms with Gasteiger partial charge in [0, 0.05) is 27.9 Å². The van der Waals surface area contributed by atoms with Crippen LogP contribution in [0.4, 0.5) is 0 Å². The van der Waals surface area contributed by atoms with Gasteiger partial charge < -0.3 is 13.4 Å². The third-order valence-electron chi connectivity index (χ3n) is 7.78. The lowest BCUT2D eigenvalue weighted by molar-refractivity contribution is 0.659. The molecule has 0 atom stereocenters. The maximum atomic E-state index is 13.4. The largest absolute Gasteiger partial charge is 0.456 e. The molecule has 182 valence electrons. The van der Waals surface area contributed by atoms with Crippen molar-refractivity contribution in [3.8, 4) is 5.69 Å². The summed E-state index contributed by atoms with van der Waals surface area (Å²) in [5.41, 5.74) is 7.12. The summed E-state index contributed by atoms with van der Waals surface area (Å²) in [5.74, 6) is 0.338. The third-order valence-corrected chi connectivity index (χ3v) is 7.78. The van der Waals surface area contributed by atoms with Crippen molar-refractivity contribution < 1.29 is 8.83 Å². The van der Waals surface area contributed by atoms with E-state index in [1.54, 1.807) is 0 Å². The first-order valence-electron chi connectivity index (χ1n) is 12.9. The molecule has 0 aliphatic carbocycles. The maximum Gasteiger partial charge on any atom is 0.200 e. The van der Waals surface area contributed by atoms with Gasteiger partial charge >= 0.3 is 0 Å². The molecule has 0 spiro atoms. The van der Waals surface area contributed by atoms with E-state index in [1.807, 2.05) is 54.6 Å². The monoisotopic (exact) mass is 493 g/mol. The van der Waals surface area contributed by atoms with Crippen LogP contribution in [0.1, 0.15) is 25.3 Å². The summed E-state index contributed by atoms with van der Waals surface area (Å²) >= 11 is 0. The smallest absolute Gasteiger partial charge is 0.200 e. The van der Waals surface area contributed by atoms with E-state index < -0.39 is 0 Å². The number of para-hydroxylation sites is 2. The Kier molecular flexibility index (Phi) is 4.25. The van der Waals surface area contributed by atoms with Crippen LogP contribution in [0.15, 0.2) is 111 Å². The van der Waals surface area contributed by atoms with E-state index in [0.29, 0.717) is 27.9 Å². The van der Waals surface area contributed by atoms with Crippen LogP contribution in [-0.4, -0.2) is 4.57 Å². The van der Waals surface area contributed by atoms with Crippen LogP contribution in [0.3, 0.4) is 0 Å². The van der Waals surface area contributed by atoms with Crippen LogP contribution >= 0.6 is 0 Å². The lowest BCUT2D eigenvalue weighted by atomic mass is 10.0. The van der Waals surface area contributed by atoms with Crippen LogP contribution in [-0.2, 0) is 0 Å².